The number of aromatic nitrogens is 3. The van der Waals surface area contributed by atoms with E-state index in [9.17, 15) is 9.59 Å². The number of hydrogen-bond donors (Lipinski definition) is 1. The summed E-state index contributed by atoms with van der Waals surface area (Å²) in [5.74, 6) is -0.294. The number of carbonyl (C=O) groups excluding carboxylic acids is 1. The summed E-state index contributed by atoms with van der Waals surface area (Å²) in [5.41, 5.74) is -0.0502. The average Bonchev–Trinajstić information content (AvgIpc) is 3.19. The van der Waals surface area contributed by atoms with Crippen LogP contribution in [-0.2, 0) is 4.79 Å². The molecule has 1 unspecified atom stereocenters. The summed E-state index contributed by atoms with van der Waals surface area (Å²) in [4.78, 5) is 25.0. The van der Waals surface area contributed by atoms with Crippen LogP contribution in [0.5, 0.6) is 0 Å². The zero-order valence-electron chi connectivity index (χ0n) is 11.9. The number of carboxylic acids is 1. The Kier molecular flexibility index (Phi) is 3.90. The highest BCUT2D eigenvalue weighted by Gasteiger charge is 2.30. The number of nitrogens with zero attached hydrogens (tertiary/aromatic N) is 4. The highest BCUT2D eigenvalue weighted by Crippen LogP contribution is 2.29. The fraction of sp³-hybridized carbons (Fsp3) is 0.714. The van der Waals surface area contributed by atoms with E-state index < -0.39 is 5.97 Å². The van der Waals surface area contributed by atoms with Crippen molar-refractivity contribution in [2.75, 3.05) is 13.1 Å². The SMILES string of the molecule is O=C(O)c1cn(C2CCN(C(=O)CC3CCCC3)C2)nn1. The van der Waals surface area contributed by atoms with Gasteiger partial charge in [-0.2, -0.15) is 0 Å². The highest BCUT2D eigenvalue weighted by molar-refractivity contribution is 5.84. The molecule has 1 saturated heterocycles. The standard InChI is InChI=1S/C14H20N4O3/c19-13(7-10-3-1-2-4-10)17-6-5-11(8-17)18-9-12(14(20)21)15-16-18/h9-11H,1-8H2,(H,20,21). The third-order valence-electron chi connectivity index (χ3n) is 4.56. The molecule has 21 heavy (non-hydrogen) atoms. The summed E-state index contributed by atoms with van der Waals surface area (Å²) < 4.78 is 1.58. The van der Waals surface area contributed by atoms with Crippen molar-refractivity contribution in [2.45, 2.75) is 44.6 Å². The van der Waals surface area contributed by atoms with Gasteiger partial charge in [-0.1, -0.05) is 18.1 Å². The average molecular weight is 292 g/mol. The summed E-state index contributed by atoms with van der Waals surface area (Å²) in [6.45, 7) is 1.33. The van der Waals surface area contributed by atoms with Gasteiger partial charge in [-0.25, -0.2) is 9.48 Å². The monoisotopic (exact) mass is 292 g/mol. The zero-order valence-corrected chi connectivity index (χ0v) is 11.9. The topological polar surface area (TPSA) is 88.3 Å². The van der Waals surface area contributed by atoms with Gasteiger partial charge < -0.3 is 10.0 Å². The Balaban J connectivity index is 1.56. The smallest absolute Gasteiger partial charge is 0.358 e. The first-order valence-electron chi connectivity index (χ1n) is 7.56. The number of rotatable bonds is 4. The van der Waals surface area contributed by atoms with Crippen molar-refractivity contribution in [3.05, 3.63) is 11.9 Å². The Hall–Kier alpha value is -1.92. The van der Waals surface area contributed by atoms with E-state index in [0.717, 1.165) is 13.0 Å². The van der Waals surface area contributed by atoms with E-state index in [2.05, 4.69) is 10.3 Å². The van der Waals surface area contributed by atoms with Crippen molar-refractivity contribution >= 4 is 11.9 Å². The van der Waals surface area contributed by atoms with E-state index >= 15 is 0 Å². The molecule has 2 heterocycles. The summed E-state index contributed by atoms with van der Waals surface area (Å²) in [7, 11) is 0. The predicted octanol–water partition coefficient (Wildman–Crippen LogP) is 1.33. The Labute approximate surface area is 122 Å². The van der Waals surface area contributed by atoms with E-state index in [0.29, 0.717) is 18.9 Å². The van der Waals surface area contributed by atoms with Crippen LogP contribution in [-0.4, -0.2) is 50.0 Å². The van der Waals surface area contributed by atoms with Crippen LogP contribution in [0.4, 0.5) is 0 Å². The van der Waals surface area contributed by atoms with Crippen LogP contribution in [0.1, 0.15) is 55.1 Å². The molecule has 114 valence electrons. The molecule has 3 rings (SSSR count). The summed E-state index contributed by atoms with van der Waals surface area (Å²) in [6, 6.07) is 0.0399. The Morgan fingerprint density at radius 3 is 2.71 bits per heavy atom. The molecule has 0 radical (unpaired) electrons. The summed E-state index contributed by atoms with van der Waals surface area (Å²) in [5, 5.41) is 16.3. The van der Waals surface area contributed by atoms with Crippen molar-refractivity contribution in [2.24, 2.45) is 5.92 Å². The third-order valence-corrected chi connectivity index (χ3v) is 4.56. The minimum absolute atomic E-state index is 0.0399. The number of aromatic carboxylic acids is 1. The molecule has 1 aliphatic heterocycles. The molecule has 7 heteroatoms. The van der Waals surface area contributed by atoms with Crippen LogP contribution >= 0.6 is 0 Å². The van der Waals surface area contributed by atoms with Crippen LogP contribution in [0.2, 0.25) is 0 Å². The molecule has 2 aliphatic rings. The largest absolute Gasteiger partial charge is 0.476 e. The van der Waals surface area contributed by atoms with Crippen molar-refractivity contribution in [1.29, 1.82) is 0 Å². The van der Waals surface area contributed by atoms with Crippen LogP contribution in [0.15, 0.2) is 6.20 Å². The quantitative estimate of drug-likeness (QED) is 0.904. The Morgan fingerprint density at radius 2 is 2.05 bits per heavy atom. The molecule has 0 bridgehead atoms. The van der Waals surface area contributed by atoms with Crippen molar-refractivity contribution in [3.63, 3.8) is 0 Å². The predicted molar refractivity (Wildman–Crippen MR) is 73.8 cm³/mol. The third kappa shape index (κ3) is 3.06. The van der Waals surface area contributed by atoms with E-state index in [-0.39, 0.29) is 17.6 Å². The number of hydrogen-bond acceptors (Lipinski definition) is 4. The lowest BCUT2D eigenvalue weighted by Crippen LogP contribution is -2.30. The van der Waals surface area contributed by atoms with Gasteiger partial charge >= 0.3 is 5.97 Å². The van der Waals surface area contributed by atoms with Gasteiger partial charge in [0, 0.05) is 19.5 Å². The summed E-state index contributed by atoms with van der Waals surface area (Å²) >= 11 is 0. The molecule has 1 aromatic heterocycles. The molecule has 1 aromatic rings. The molecular formula is C14H20N4O3. The van der Waals surface area contributed by atoms with E-state index in [1.54, 1.807) is 4.68 Å². The van der Waals surface area contributed by atoms with Crippen LogP contribution in [0.3, 0.4) is 0 Å². The lowest BCUT2D eigenvalue weighted by molar-refractivity contribution is -0.131. The second-order valence-corrected chi connectivity index (χ2v) is 6.03. The number of likely N-dealkylation sites (tertiary alicyclic amines) is 1. The van der Waals surface area contributed by atoms with Crippen molar-refractivity contribution in [3.8, 4) is 0 Å². The van der Waals surface area contributed by atoms with E-state index in [1.807, 2.05) is 4.90 Å². The first-order valence-corrected chi connectivity index (χ1v) is 7.56. The number of carbonyl (C=O) groups is 2. The van der Waals surface area contributed by atoms with Crippen LogP contribution < -0.4 is 0 Å². The number of amides is 1. The first-order chi connectivity index (χ1) is 10.1. The summed E-state index contributed by atoms with van der Waals surface area (Å²) in [6.07, 6.45) is 7.75. The minimum Gasteiger partial charge on any atom is -0.476 e. The fourth-order valence-electron chi connectivity index (χ4n) is 3.33. The maximum Gasteiger partial charge on any atom is 0.358 e. The molecule has 1 amide bonds. The maximum absolute atomic E-state index is 12.3. The van der Waals surface area contributed by atoms with Gasteiger partial charge in [-0.05, 0) is 25.2 Å². The van der Waals surface area contributed by atoms with Gasteiger partial charge in [-0.3, -0.25) is 4.79 Å². The first kappa shape index (κ1) is 14.0. The normalized spacial score (nSPS) is 22.9. The van der Waals surface area contributed by atoms with Gasteiger partial charge in [0.1, 0.15) is 0 Å². The lowest BCUT2D eigenvalue weighted by Gasteiger charge is -2.18. The highest BCUT2D eigenvalue weighted by atomic mass is 16.4. The molecule has 1 N–H and O–H groups in total. The second-order valence-electron chi connectivity index (χ2n) is 6.03. The molecule has 0 aromatic carbocycles. The van der Waals surface area contributed by atoms with Crippen molar-refractivity contribution < 1.29 is 14.7 Å². The minimum atomic E-state index is -1.08. The molecule has 1 atom stereocenters. The second kappa shape index (κ2) is 5.83. The molecule has 0 spiro atoms. The van der Waals surface area contributed by atoms with Crippen LogP contribution in [0.25, 0.3) is 0 Å². The van der Waals surface area contributed by atoms with E-state index in [1.165, 1.54) is 31.9 Å². The van der Waals surface area contributed by atoms with E-state index in [4.69, 9.17) is 5.11 Å². The van der Waals surface area contributed by atoms with Gasteiger partial charge in [-0.15, -0.1) is 5.10 Å². The zero-order chi connectivity index (χ0) is 14.8. The molecule has 1 aliphatic carbocycles. The van der Waals surface area contributed by atoms with Crippen molar-refractivity contribution in [1.82, 2.24) is 19.9 Å². The number of carboxylic acid groups (broad SMARTS) is 1. The lowest BCUT2D eigenvalue weighted by atomic mass is 10.0. The van der Waals surface area contributed by atoms with Gasteiger partial charge in [0.2, 0.25) is 5.91 Å². The fourth-order valence-corrected chi connectivity index (χ4v) is 3.33. The molecular weight excluding hydrogens is 272 g/mol. The van der Waals surface area contributed by atoms with Crippen LogP contribution in [0, 0.1) is 5.92 Å². The molecule has 7 nitrogen and oxygen atoms in total. The Bertz CT molecular complexity index is 536. The molecule has 1 saturated carbocycles. The van der Waals surface area contributed by atoms with Gasteiger partial charge in [0.25, 0.3) is 0 Å². The molecule has 2 fully saturated rings. The van der Waals surface area contributed by atoms with Gasteiger partial charge in [0.05, 0.1) is 12.2 Å². The van der Waals surface area contributed by atoms with Gasteiger partial charge in [0.15, 0.2) is 5.69 Å². The maximum atomic E-state index is 12.3. The Morgan fingerprint density at radius 1 is 1.29 bits per heavy atom.